The van der Waals surface area contributed by atoms with Crippen LogP contribution in [0.5, 0.6) is 0 Å². The molecule has 30 heavy (non-hydrogen) atoms. The first-order valence-electron chi connectivity index (χ1n) is 10.2. The second-order valence-corrected chi connectivity index (χ2v) is 7.59. The maximum atomic E-state index is 12.8. The van der Waals surface area contributed by atoms with Crippen molar-refractivity contribution in [2.45, 2.75) is 25.7 Å². The van der Waals surface area contributed by atoms with E-state index in [1.54, 1.807) is 30.3 Å². The molecule has 1 aliphatic rings. The summed E-state index contributed by atoms with van der Waals surface area (Å²) in [5, 5.41) is 3.63. The molecule has 0 atom stereocenters. The van der Waals surface area contributed by atoms with Gasteiger partial charge in [0.2, 0.25) is 0 Å². The molecule has 0 bridgehead atoms. The fourth-order valence-corrected chi connectivity index (χ4v) is 4.12. The van der Waals surface area contributed by atoms with Gasteiger partial charge in [0.1, 0.15) is 6.33 Å². The monoisotopic (exact) mass is 395 g/mol. The van der Waals surface area contributed by atoms with Crippen LogP contribution in [0, 0.1) is 0 Å². The molecule has 3 aromatic carbocycles. The highest BCUT2D eigenvalue weighted by molar-refractivity contribution is 6.04. The molecule has 0 unspecified atom stereocenters. The van der Waals surface area contributed by atoms with Crippen LogP contribution in [0.3, 0.4) is 0 Å². The molecule has 1 N–H and O–H groups in total. The number of fused-ring (bicyclic) bond motifs is 2. The lowest BCUT2D eigenvalue weighted by atomic mass is 9.90. The number of anilines is 1. The first-order chi connectivity index (χ1) is 14.7. The van der Waals surface area contributed by atoms with Crippen molar-refractivity contribution in [3.8, 4) is 5.69 Å². The van der Waals surface area contributed by atoms with Crippen LogP contribution in [0.2, 0.25) is 0 Å². The molecule has 0 spiro atoms. The van der Waals surface area contributed by atoms with Gasteiger partial charge in [-0.2, -0.15) is 0 Å². The first-order valence-corrected chi connectivity index (χ1v) is 10.2. The SMILES string of the molecule is O=C(Nc1cccc2c1CCCC2)c1ccc(-n2cnc3ccccc3c2=O)cc1. The van der Waals surface area contributed by atoms with Crippen molar-refractivity contribution < 1.29 is 4.79 Å². The summed E-state index contributed by atoms with van der Waals surface area (Å²) in [6.45, 7) is 0. The average molecular weight is 395 g/mol. The van der Waals surface area contributed by atoms with Crippen LogP contribution in [0.15, 0.2) is 77.9 Å². The van der Waals surface area contributed by atoms with E-state index in [-0.39, 0.29) is 11.5 Å². The minimum Gasteiger partial charge on any atom is -0.322 e. The zero-order valence-electron chi connectivity index (χ0n) is 16.5. The minimum atomic E-state index is -0.149. The number of aromatic nitrogens is 2. The number of carbonyl (C=O) groups excluding carboxylic acids is 1. The number of nitrogens with zero attached hydrogens (tertiary/aromatic N) is 2. The number of para-hydroxylation sites is 1. The van der Waals surface area contributed by atoms with E-state index in [0.717, 1.165) is 24.9 Å². The number of nitrogens with one attached hydrogen (secondary N) is 1. The average Bonchev–Trinajstić information content (AvgIpc) is 2.80. The summed E-state index contributed by atoms with van der Waals surface area (Å²) in [6.07, 6.45) is 5.96. The standard InChI is InChI=1S/C25H21N3O2/c29-24(27-23-11-5-7-17-6-1-2-8-20(17)23)18-12-14-19(15-13-18)28-16-26-22-10-4-3-9-21(22)25(28)30/h3-5,7,9-16H,1-2,6,8H2,(H,27,29). The van der Waals surface area contributed by atoms with Crippen LogP contribution in [-0.4, -0.2) is 15.5 Å². The summed E-state index contributed by atoms with van der Waals surface area (Å²) in [4.78, 5) is 29.9. The van der Waals surface area contributed by atoms with E-state index in [1.807, 2.05) is 30.3 Å². The van der Waals surface area contributed by atoms with Crippen molar-refractivity contribution >= 4 is 22.5 Å². The molecule has 4 aromatic rings. The van der Waals surface area contributed by atoms with Crippen molar-refractivity contribution in [2.24, 2.45) is 0 Å². The third kappa shape index (κ3) is 3.28. The number of carbonyl (C=O) groups is 1. The van der Waals surface area contributed by atoms with Gasteiger partial charge in [0.15, 0.2) is 0 Å². The molecular formula is C25H21N3O2. The van der Waals surface area contributed by atoms with Gasteiger partial charge in [-0.05, 0) is 79.3 Å². The number of rotatable bonds is 3. The van der Waals surface area contributed by atoms with Gasteiger partial charge < -0.3 is 5.32 Å². The summed E-state index contributed by atoms with van der Waals surface area (Å²) in [5.41, 5.74) is 5.24. The van der Waals surface area contributed by atoms with Crippen LogP contribution in [0.1, 0.15) is 34.3 Å². The fraction of sp³-hybridized carbons (Fsp3) is 0.160. The van der Waals surface area contributed by atoms with Crippen LogP contribution >= 0.6 is 0 Å². The summed E-state index contributed by atoms with van der Waals surface area (Å²) >= 11 is 0. The molecule has 0 aliphatic heterocycles. The molecule has 0 saturated carbocycles. The lowest BCUT2D eigenvalue weighted by Crippen LogP contribution is -2.19. The molecule has 5 rings (SSSR count). The Morgan fingerprint density at radius 3 is 2.57 bits per heavy atom. The van der Waals surface area contributed by atoms with Crippen molar-refractivity contribution in [3.63, 3.8) is 0 Å². The summed E-state index contributed by atoms with van der Waals surface area (Å²) in [7, 11) is 0. The van der Waals surface area contributed by atoms with Crippen LogP contribution in [0.4, 0.5) is 5.69 Å². The number of hydrogen-bond donors (Lipinski definition) is 1. The number of hydrogen-bond acceptors (Lipinski definition) is 3. The zero-order chi connectivity index (χ0) is 20.5. The van der Waals surface area contributed by atoms with Crippen LogP contribution in [-0.2, 0) is 12.8 Å². The molecule has 148 valence electrons. The van der Waals surface area contributed by atoms with Crippen molar-refractivity contribution in [1.82, 2.24) is 9.55 Å². The third-order valence-electron chi connectivity index (χ3n) is 5.72. The Morgan fingerprint density at radius 2 is 1.70 bits per heavy atom. The highest BCUT2D eigenvalue weighted by atomic mass is 16.1. The van der Waals surface area contributed by atoms with E-state index in [1.165, 1.54) is 28.4 Å². The van der Waals surface area contributed by atoms with Gasteiger partial charge in [-0.25, -0.2) is 4.98 Å². The van der Waals surface area contributed by atoms with E-state index in [4.69, 9.17) is 0 Å². The Bertz CT molecular complexity index is 1310. The number of benzene rings is 3. The molecule has 1 aliphatic carbocycles. The Labute approximate surface area is 174 Å². The maximum absolute atomic E-state index is 12.8. The molecule has 5 nitrogen and oxygen atoms in total. The van der Waals surface area contributed by atoms with Crippen molar-refractivity contribution in [3.05, 3.63) is 100 Å². The van der Waals surface area contributed by atoms with Crippen molar-refractivity contribution in [2.75, 3.05) is 5.32 Å². The first kappa shape index (κ1) is 18.3. The van der Waals surface area contributed by atoms with Gasteiger partial charge in [-0.15, -0.1) is 0 Å². The zero-order valence-corrected chi connectivity index (χ0v) is 16.5. The van der Waals surface area contributed by atoms with Gasteiger partial charge in [-0.1, -0.05) is 24.3 Å². The highest BCUT2D eigenvalue weighted by Crippen LogP contribution is 2.28. The largest absolute Gasteiger partial charge is 0.322 e. The highest BCUT2D eigenvalue weighted by Gasteiger charge is 2.15. The quantitative estimate of drug-likeness (QED) is 0.555. The second-order valence-electron chi connectivity index (χ2n) is 7.59. The maximum Gasteiger partial charge on any atom is 0.265 e. The van der Waals surface area contributed by atoms with E-state index in [9.17, 15) is 9.59 Å². The van der Waals surface area contributed by atoms with Crippen LogP contribution < -0.4 is 10.9 Å². The predicted molar refractivity (Wildman–Crippen MR) is 118 cm³/mol. The molecule has 1 amide bonds. The summed E-state index contributed by atoms with van der Waals surface area (Å²) in [6, 6.07) is 20.4. The fourth-order valence-electron chi connectivity index (χ4n) is 4.12. The Balaban J connectivity index is 1.41. The van der Waals surface area contributed by atoms with Gasteiger partial charge in [-0.3, -0.25) is 14.2 Å². The minimum absolute atomic E-state index is 0.131. The Hall–Kier alpha value is -3.73. The van der Waals surface area contributed by atoms with E-state index in [2.05, 4.69) is 16.4 Å². The van der Waals surface area contributed by atoms with Gasteiger partial charge in [0, 0.05) is 11.3 Å². The third-order valence-corrected chi connectivity index (χ3v) is 5.72. The van der Waals surface area contributed by atoms with Crippen LogP contribution in [0.25, 0.3) is 16.6 Å². The molecule has 1 aromatic heterocycles. The molecule has 1 heterocycles. The lowest BCUT2D eigenvalue weighted by molar-refractivity contribution is 0.102. The molecule has 0 fully saturated rings. The Kier molecular flexibility index (Phi) is 4.64. The molecule has 0 saturated heterocycles. The Morgan fingerprint density at radius 1 is 0.900 bits per heavy atom. The predicted octanol–water partition coefficient (Wildman–Crippen LogP) is 4.52. The topological polar surface area (TPSA) is 64.0 Å². The van der Waals surface area contributed by atoms with Gasteiger partial charge >= 0.3 is 0 Å². The molecular weight excluding hydrogens is 374 g/mol. The molecule has 0 radical (unpaired) electrons. The van der Waals surface area contributed by atoms with E-state index in [0.29, 0.717) is 22.2 Å². The summed E-state index contributed by atoms with van der Waals surface area (Å²) in [5.74, 6) is -0.149. The van der Waals surface area contributed by atoms with Crippen molar-refractivity contribution in [1.29, 1.82) is 0 Å². The lowest BCUT2D eigenvalue weighted by Gasteiger charge is -2.19. The normalized spacial score (nSPS) is 13.1. The van der Waals surface area contributed by atoms with E-state index >= 15 is 0 Å². The van der Waals surface area contributed by atoms with E-state index < -0.39 is 0 Å². The number of amides is 1. The molecule has 5 heteroatoms. The van der Waals surface area contributed by atoms with Gasteiger partial charge in [0.25, 0.3) is 11.5 Å². The second kappa shape index (κ2) is 7.59. The van der Waals surface area contributed by atoms with Gasteiger partial charge in [0.05, 0.1) is 16.6 Å². The smallest absolute Gasteiger partial charge is 0.265 e. The summed E-state index contributed by atoms with van der Waals surface area (Å²) < 4.78 is 1.50. The number of aryl methyl sites for hydroxylation is 1.